The summed E-state index contributed by atoms with van der Waals surface area (Å²) >= 11 is 3.38. The van der Waals surface area contributed by atoms with Crippen LogP contribution in [0.1, 0.15) is 0 Å². The molecule has 0 spiro atoms. The van der Waals surface area contributed by atoms with Crippen LogP contribution in [-0.2, 0) is 4.74 Å². The van der Waals surface area contributed by atoms with Gasteiger partial charge in [-0.3, -0.25) is 0 Å². The van der Waals surface area contributed by atoms with E-state index in [1.807, 2.05) is 18.2 Å². The van der Waals surface area contributed by atoms with E-state index in [1.54, 1.807) is 14.2 Å². The molecule has 0 fully saturated rings. The van der Waals surface area contributed by atoms with E-state index >= 15 is 0 Å². The molecule has 0 aromatic heterocycles. The molecule has 0 bridgehead atoms. The normalized spacial score (nSPS) is 12.2. The molecule has 1 unspecified atom stereocenters. The zero-order valence-electron chi connectivity index (χ0n) is 9.37. The van der Waals surface area contributed by atoms with E-state index in [1.165, 1.54) is 0 Å². The first-order chi connectivity index (χ1) is 7.67. The Bertz CT molecular complexity index is 333. The second kappa shape index (κ2) is 6.73. The van der Waals surface area contributed by atoms with E-state index < -0.39 is 6.10 Å². The zero-order chi connectivity index (χ0) is 12.0. The maximum absolute atomic E-state index is 9.50. The molecular weight excluding hydrogens is 274 g/mol. The van der Waals surface area contributed by atoms with Crippen molar-refractivity contribution < 1.29 is 14.6 Å². The summed E-state index contributed by atoms with van der Waals surface area (Å²) in [7, 11) is 3.17. The maximum Gasteiger partial charge on any atom is 0.142 e. The molecule has 0 amide bonds. The Labute approximate surface area is 104 Å². The summed E-state index contributed by atoms with van der Waals surface area (Å²) < 4.78 is 11.0. The van der Waals surface area contributed by atoms with Crippen LogP contribution in [0.4, 0.5) is 5.69 Å². The number of hydrogen-bond acceptors (Lipinski definition) is 4. The number of methoxy groups -OCH3 is 2. The number of nitrogens with one attached hydrogen (secondary N) is 1. The molecule has 0 aliphatic rings. The van der Waals surface area contributed by atoms with E-state index in [4.69, 9.17) is 9.47 Å². The quantitative estimate of drug-likeness (QED) is 0.840. The predicted octanol–water partition coefficient (Wildman–Crippen LogP) is 1.88. The number of aliphatic hydroxyl groups excluding tert-OH is 1. The van der Waals surface area contributed by atoms with E-state index in [9.17, 15) is 5.11 Å². The van der Waals surface area contributed by atoms with Crippen LogP contribution >= 0.6 is 15.9 Å². The van der Waals surface area contributed by atoms with Gasteiger partial charge in [0, 0.05) is 18.1 Å². The van der Waals surface area contributed by atoms with Gasteiger partial charge >= 0.3 is 0 Å². The van der Waals surface area contributed by atoms with Crippen LogP contribution in [0.15, 0.2) is 22.7 Å². The molecule has 0 aliphatic carbocycles. The zero-order valence-corrected chi connectivity index (χ0v) is 11.0. The van der Waals surface area contributed by atoms with Gasteiger partial charge in [0.1, 0.15) is 5.75 Å². The van der Waals surface area contributed by atoms with Crippen LogP contribution in [0, 0.1) is 0 Å². The molecule has 0 radical (unpaired) electrons. The minimum Gasteiger partial charge on any atom is -0.495 e. The molecule has 0 heterocycles. The van der Waals surface area contributed by atoms with Crippen LogP contribution in [0.25, 0.3) is 0 Å². The summed E-state index contributed by atoms with van der Waals surface area (Å²) in [5.74, 6) is 0.743. The monoisotopic (exact) mass is 289 g/mol. The van der Waals surface area contributed by atoms with Crippen LogP contribution in [0.2, 0.25) is 0 Å². The average Bonchev–Trinajstić information content (AvgIpc) is 2.27. The molecule has 4 nitrogen and oxygen atoms in total. The van der Waals surface area contributed by atoms with Gasteiger partial charge in [-0.25, -0.2) is 0 Å². The molecule has 2 N–H and O–H groups in total. The van der Waals surface area contributed by atoms with E-state index in [0.29, 0.717) is 13.2 Å². The lowest BCUT2D eigenvalue weighted by Crippen LogP contribution is -2.24. The summed E-state index contributed by atoms with van der Waals surface area (Å²) in [4.78, 5) is 0. The minimum absolute atomic E-state index is 0.309. The Morgan fingerprint density at radius 1 is 1.44 bits per heavy atom. The number of benzene rings is 1. The van der Waals surface area contributed by atoms with Gasteiger partial charge in [0.15, 0.2) is 0 Å². The lowest BCUT2D eigenvalue weighted by molar-refractivity contribution is 0.0727. The number of anilines is 1. The lowest BCUT2D eigenvalue weighted by Gasteiger charge is -2.14. The largest absolute Gasteiger partial charge is 0.495 e. The molecule has 1 aromatic carbocycles. The Hall–Kier alpha value is -0.780. The van der Waals surface area contributed by atoms with Crippen LogP contribution in [-0.4, -0.2) is 38.6 Å². The molecule has 5 heteroatoms. The fourth-order valence-corrected chi connectivity index (χ4v) is 1.66. The van der Waals surface area contributed by atoms with Crippen molar-refractivity contribution in [1.29, 1.82) is 0 Å². The molecular formula is C11H16BrNO3. The third-order valence-corrected chi connectivity index (χ3v) is 2.54. The third kappa shape index (κ3) is 4.00. The van der Waals surface area contributed by atoms with Gasteiger partial charge in [-0.05, 0) is 18.2 Å². The van der Waals surface area contributed by atoms with Gasteiger partial charge in [0.2, 0.25) is 0 Å². The Morgan fingerprint density at radius 2 is 2.19 bits per heavy atom. The number of aliphatic hydroxyl groups is 1. The molecule has 0 saturated carbocycles. The molecule has 0 aliphatic heterocycles. The van der Waals surface area contributed by atoms with Crippen molar-refractivity contribution in [1.82, 2.24) is 0 Å². The number of rotatable bonds is 6. The van der Waals surface area contributed by atoms with Gasteiger partial charge in [-0.2, -0.15) is 0 Å². The molecule has 1 rings (SSSR count). The van der Waals surface area contributed by atoms with Crippen LogP contribution in [0.3, 0.4) is 0 Å². The van der Waals surface area contributed by atoms with Crippen molar-refractivity contribution in [3.63, 3.8) is 0 Å². The van der Waals surface area contributed by atoms with Crippen molar-refractivity contribution in [2.24, 2.45) is 0 Å². The van der Waals surface area contributed by atoms with Gasteiger partial charge in [-0.1, -0.05) is 15.9 Å². The summed E-state index contributed by atoms with van der Waals surface area (Å²) in [6.07, 6.45) is -0.534. The SMILES string of the molecule is COCC(O)CNc1cc(Br)ccc1OC. The first kappa shape index (κ1) is 13.3. The first-order valence-corrected chi connectivity index (χ1v) is 5.71. The number of hydrogen-bond donors (Lipinski definition) is 2. The van der Waals surface area contributed by atoms with Gasteiger partial charge < -0.3 is 19.9 Å². The summed E-state index contributed by atoms with van der Waals surface area (Å²) in [5.41, 5.74) is 0.840. The summed E-state index contributed by atoms with van der Waals surface area (Å²) in [6.45, 7) is 0.726. The predicted molar refractivity (Wildman–Crippen MR) is 67.1 cm³/mol. The highest BCUT2D eigenvalue weighted by molar-refractivity contribution is 9.10. The summed E-state index contributed by atoms with van der Waals surface area (Å²) in [5, 5.41) is 12.6. The number of ether oxygens (including phenoxy) is 2. The molecule has 90 valence electrons. The second-order valence-corrected chi connectivity index (χ2v) is 4.25. The fourth-order valence-electron chi connectivity index (χ4n) is 1.30. The van der Waals surface area contributed by atoms with E-state index in [0.717, 1.165) is 15.9 Å². The second-order valence-electron chi connectivity index (χ2n) is 3.33. The topological polar surface area (TPSA) is 50.7 Å². The molecule has 1 aromatic rings. The van der Waals surface area contributed by atoms with E-state index in [-0.39, 0.29) is 0 Å². The highest BCUT2D eigenvalue weighted by Gasteiger charge is 2.06. The third-order valence-electron chi connectivity index (χ3n) is 2.05. The smallest absolute Gasteiger partial charge is 0.142 e. The van der Waals surface area contributed by atoms with Crippen molar-refractivity contribution in [2.75, 3.05) is 32.7 Å². The van der Waals surface area contributed by atoms with Crippen molar-refractivity contribution in [3.05, 3.63) is 22.7 Å². The average molecular weight is 290 g/mol. The van der Waals surface area contributed by atoms with Gasteiger partial charge in [0.25, 0.3) is 0 Å². The maximum atomic E-state index is 9.50. The Morgan fingerprint density at radius 3 is 2.81 bits per heavy atom. The van der Waals surface area contributed by atoms with E-state index in [2.05, 4.69) is 21.2 Å². The highest BCUT2D eigenvalue weighted by Crippen LogP contribution is 2.27. The molecule has 0 saturated heterocycles. The first-order valence-electron chi connectivity index (χ1n) is 4.91. The van der Waals surface area contributed by atoms with Crippen molar-refractivity contribution in [2.45, 2.75) is 6.10 Å². The van der Waals surface area contributed by atoms with Gasteiger partial charge in [0.05, 0.1) is 25.5 Å². The fraction of sp³-hybridized carbons (Fsp3) is 0.455. The number of halogens is 1. The Balaban J connectivity index is 2.61. The Kier molecular flexibility index (Phi) is 5.59. The summed E-state index contributed by atoms with van der Waals surface area (Å²) in [6, 6.07) is 5.66. The lowest BCUT2D eigenvalue weighted by atomic mass is 10.2. The minimum atomic E-state index is -0.534. The van der Waals surface area contributed by atoms with Crippen molar-refractivity contribution in [3.8, 4) is 5.75 Å². The van der Waals surface area contributed by atoms with Gasteiger partial charge in [-0.15, -0.1) is 0 Å². The highest BCUT2D eigenvalue weighted by atomic mass is 79.9. The molecule has 16 heavy (non-hydrogen) atoms. The van der Waals surface area contributed by atoms with Crippen molar-refractivity contribution >= 4 is 21.6 Å². The van der Waals surface area contributed by atoms with Crippen LogP contribution < -0.4 is 10.1 Å². The standard InChI is InChI=1S/C11H16BrNO3/c1-15-7-9(14)6-13-10-5-8(12)3-4-11(10)16-2/h3-5,9,13-14H,6-7H2,1-2H3. The molecule has 1 atom stereocenters. The van der Waals surface area contributed by atoms with Crippen LogP contribution in [0.5, 0.6) is 5.75 Å².